The molecule has 0 spiro atoms. The fraction of sp³-hybridized carbons (Fsp3) is 0.200. The zero-order valence-corrected chi connectivity index (χ0v) is 11.5. The summed E-state index contributed by atoms with van der Waals surface area (Å²) in [4.78, 5) is 9.91. The number of nitrogens with zero attached hydrogens (tertiary/aromatic N) is 3. The van der Waals surface area contributed by atoms with Gasteiger partial charge < -0.3 is 4.84 Å². The van der Waals surface area contributed by atoms with Crippen molar-refractivity contribution in [2.45, 2.75) is 13.8 Å². The first-order valence-electron chi connectivity index (χ1n) is 6.58. The molecule has 0 fully saturated rings. The van der Waals surface area contributed by atoms with Crippen molar-refractivity contribution in [2.24, 2.45) is 0 Å². The van der Waals surface area contributed by atoms with E-state index >= 15 is 0 Å². The van der Waals surface area contributed by atoms with Crippen LogP contribution in [0.4, 0.5) is 5.69 Å². The molecule has 0 saturated carbocycles. The monoisotopic (exact) mass is 268 g/mol. The summed E-state index contributed by atoms with van der Waals surface area (Å²) in [5.74, 6) is 0.721. The van der Waals surface area contributed by atoms with Gasteiger partial charge in [0.05, 0.1) is 23.9 Å². The van der Waals surface area contributed by atoms with Gasteiger partial charge in [-0.1, -0.05) is 0 Å². The lowest BCUT2D eigenvalue weighted by Gasteiger charge is -2.22. The summed E-state index contributed by atoms with van der Waals surface area (Å²) in [6.45, 7) is 4.79. The molecule has 0 aliphatic carbocycles. The summed E-state index contributed by atoms with van der Waals surface area (Å²) in [6, 6.07) is 9.81. The Kier molecular flexibility index (Phi) is 3.25. The fourth-order valence-corrected chi connectivity index (χ4v) is 2.11. The number of pyridine rings is 1. The van der Waals surface area contributed by atoms with Crippen LogP contribution in [0.15, 0.2) is 42.7 Å². The van der Waals surface area contributed by atoms with Crippen molar-refractivity contribution < 1.29 is 4.84 Å². The van der Waals surface area contributed by atoms with Crippen molar-refractivity contribution >= 4 is 16.6 Å². The lowest BCUT2D eigenvalue weighted by molar-refractivity contribution is 0.283. The second-order valence-corrected chi connectivity index (χ2v) is 4.52. The van der Waals surface area contributed by atoms with E-state index in [0.29, 0.717) is 0 Å². The number of aryl methyl sites for hydroxylation is 1. The van der Waals surface area contributed by atoms with Gasteiger partial charge in [-0.25, -0.2) is 5.06 Å². The number of nitrogens with one attached hydrogen (secondary N) is 1. The number of rotatable bonds is 4. The molecular formula is C15H16N4O. The number of H-pyrrole nitrogens is 1. The summed E-state index contributed by atoms with van der Waals surface area (Å²) >= 11 is 0. The van der Waals surface area contributed by atoms with E-state index < -0.39 is 0 Å². The molecule has 102 valence electrons. The third kappa shape index (κ3) is 2.30. The van der Waals surface area contributed by atoms with Gasteiger partial charge >= 0.3 is 0 Å². The van der Waals surface area contributed by atoms with Gasteiger partial charge in [-0.15, -0.1) is 0 Å². The van der Waals surface area contributed by atoms with Gasteiger partial charge in [0.1, 0.15) is 0 Å². The van der Waals surface area contributed by atoms with Crippen molar-refractivity contribution in [1.82, 2.24) is 15.2 Å². The summed E-state index contributed by atoms with van der Waals surface area (Å²) < 4.78 is 0. The molecule has 5 nitrogen and oxygen atoms in total. The standard InChI is InChI=1S/C15H16N4O/c1-3-19(20-13-5-4-8-16-10-13)12-6-7-15-14(9-12)11(2)17-18-15/h4-10H,3H2,1-2H3,(H,17,18). The highest BCUT2D eigenvalue weighted by atomic mass is 16.7. The Bertz CT molecular complexity index is 708. The molecule has 0 amide bonds. The van der Waals surface area contributed by atoms with Crippen LogP contribution < -0.4 is 9.90 Å². The molecule has 0 aliphatic heterocycles. The van der Waals surface area contributed by atoms with E-state index in [2.05, 4.69) is 21.2 Å². The predicted octanol–water partition coefficient (Wildman–Crippen LogP) is 3.09. The van der Waals surface area contributed by atoms with Gasteiger partial charge in [0.25, 0.3) is 0 Å². The molecule has 0 unspecified atom stereocenters. The lowest BCUT2D eigenvalue weighted by Crippen LogP contribution is -2.26. The maximum atomic E-state index is 5.86. The average Bonchev–Trinajstić information content (AvgIpc) is 2.87. The van der Waals surface area contributed by atoms with Crippen molar-refractivity contribution in [3.8, 4) is 5.75 Å². The van der Waals surface area contributed by atoms with Crippen molar-refractivity contribution in [3.05, 3.63) is 48.4 Å². The van der Waals surface area contributed by atoms with E-state index in [1.807, 2.05) is 43.2 Å². The molecule has 0 atom stereocenters. The zero-order chi connectivity index (χ0) is 13.9. The molecule has 3 aromatic rings. The highest BCUT2D eigenvalue weighted by Gasteiger charge is 2.09. The van der Waals surface area contributed by atoms with Crippen LogP contribution in [0, 0.1) is 6.92 Å². The topological polar surface area (TPSA) is 54.0 Å². The third-order valence-corrected chi connectivity index (χ3v) is 3.15. The van der Waals surface area contributed by atoms with Gasteiger partial charge in [-0.05, 0) is 44.2 Å². The number of hydroxylamine groups is 1. The Balaban J connectivity index is 1.92. The molecule has 20 heavy (non-hydrogen) atoms. The second kappa shape index (κ2) is 5.21. The zero-order valence-electron chi connectivity index (χ0n) is 11.5. The Hall–Kier alpha value is -2.56. The Morgan fingerprint density at radius 3 is 2.95 bits per heavy atom. The first-order chi connectivity index (χ1) is 9.78. The van der Waals surface area contributed by atoms with Crippen LogP contribution in [0.3, 0.4) is 0 Å². The second-order valence-electron chi connectivity index (χ2n) is 4.52. The number of anilines is 1. The number of aromatic nitrogens is 3. The van der Waals surface area contributed by atoms with Crippen LogP contribution in [-0.4, -0.2) is 21.7 Å². The third-order valence-electron chi connectivity index (χ3n) is 3.15. The Morgan fingerprint density at radius 2 is 2.20 bits per heavy atom. The highest BCUT2D eigenvalue weighted by Crippen LogP contribution is 2.24. The largest absolute Gasteiger partial charge is 0.378 e. The minimum absolute atomic E-state index is 0.721. The smallest absolute Gasteiger partial charge is 0.173 e. The van der Waals surface area contributed by atoms with Gasteiger partial charge in [0.2, 0.25) is 0 Å². The molecule has 0 radical (unpaired) electrons. The number of benzene rings is 1. The first-order valence-corrected chi connectivity index (χ1v) is 6.58. The predicted molar refractivity (Wildman–Crippen MR) is 78.7 cm³/mol. The molecule has 2 aromatic heterocycles. The molecule has 2 heterocycles. The first kappa shape index (κ1) is 12.5. The van der Waals surface area contributed by atoms with Gasteiger partial charge in [0.15, 0.2) is 5.75 Å². The minimum atomic E-state index is 0.721. The van der Waals surface area contributed by atoms with Crippen LogP contribution in [0.1, 0.15) is 12.6 Å². The minimum Gasteiger partial charge on any atom is -0.378 e. The highest BCUT2D eigenvalue weighted by molar-refractivity contribution is 5.84. The van der Waals surface area contributed by atoms with E-state index in [1.165, 1.54) is 0 Å². The fourth-order valence-electron chi connectivity index (χ4n) is 2.11. The molecule has 1 aromatic carbocycles. The van der Waals surface area contributed by atoms with E-state index in [1.54, 1.807) is 12.4 Å². The molecule has 0 bridgehead atoms. The van der Waals surface area contributed by atoms with Gasteiger partial charge in [-0.3, -0.25) is 10.1 Å². The molecule has 3 rings (SSSR count). The van der Waals surface area contributed by atoms with Crippen molar-refractivity contribution in [1.29, 1.82) is 0 Å². The molecule has 0 saturated heterocycles. The Morgan fingerprint density at radius 1 is 1.30 bits per heavy atom. The van der Waals surface area contributed by atoms with Crippen LogP contribution in [0.25, 0.3) is 10.9 Å². The normalized spacial score (nSPS) is 10.7. The summed E-state index contributed by atoms with van der Waals surface area (Å²) in [5.41, 5.74) is 3.01. The molecular weight excluding hydrogens is 252 g/mol. The SMILES string of the molecule is CCN(Oc1cccnc1)c1ccc2n[nH]c(C)c2c1. The number of hydrogen-bond donors (Lipinski definition) is 1. The summed E-state index contributed by atoms with van der Waals surface area (Å²) in [6.07, 6.45) is 3.42. The molecule has 0 aliphatic rings. The quantitative estimate of drug-likeness (QED) is 0.739. The lowest BCUT2D eigenvalue weighted by atomic mass is 10.2. The number of aromatic amines is 1. The van der Waals surface area contributed by atoms with Crippen molar-refractivity contribution in [2.75, 3.05) is 11.6 Å². The average molecular weight is 268 g/mol. The van der Waals surface area contributed by atoms with Crippen LogP contribution in [-0.2, 0) is 0 Å². The maximum absolute atomic E-state index is 5.86. The van der Waals surface area contributed by atoms with Crippen LogP contribution >= 0.6 is 0 Å². The molecule has 1 N–H and O–H groups in total. The van der Waals surface area contributed by atoms with Gasteiger partial charge in [-0.2, -0.15) is 5.10 Å². The number of fused-ring (bicyclic) bond motifs is 1. The van der Waals surface area contributed by atoms with E-state index in [4.69, 9.17) is 4.84 Å². The number of hydrogen-bond acceptors (Lipinski definition) is 4. The van der Waals surface area contributed by atoms with Crippen LogP contribution in [0.2, 0.25) is 0 Å². The van der Waals surface area contributed by atoms with E-state index in [0.717, 1.165) is 34.6 Å². The van der Waals surface area contributed by atoms with Crippen molar-refractivity contribution in [3.63, 3.8) is 0 Å². The van der Waals surface area contributed by atoms with Crippen LogP contribution in [0.5, 0.6) is 5.75 Å². The molecule has 5 heteroatoms. The summed E-state index contributed by atoms with van der Waals surface area (Å²) in [5, 5.41) is 10.2. The van der Waals surface area contributed by atoms with Gasteiger partial charge in [0, 0.05) is 17.3 Å². The summed E-state index contributed by atoms with van der Waals surface area (Å²) in [7, 11) is 0. The van der Waals surface area contributed by atoms with E-state index in [9.17, 15) is 0 Å². The Labute approximate surface area is 117 Å². The van der Waals surface area contributed by atoms with E-state index in [-0.39, 0.29) is 0 Å². The maximum Gasteiger partial charge on any atom is 0.173 e.